The van der Waals surface area contributed by atoms with E-state index < -0.39 is 31.3 Å². The van der Waals surface area contributed by atoms with E-state index in [0.29, 0.717) is 4.57 Å². The highest BCUT2D eigenvalue weighted by molar-refractivity contribution is 7.24. The van der Waals surface area contributed by atoms with Gasteiger partial charge < -0.3 is 4.74 Å². The fourth-order valence-corrected chi connectivity index (χ4v) is 4.74. The fourth-order valence-electron chi connectivity index (χ4n) is 3.05. The number of hydrogen-bond donors (Lipinski definition) is 0. The standard InChI is InChI=1S/C20H21N2O7PS/c1-4-28-20(30-26,29-5-2)22-16(23)14-11-15(31-17(14)21(3)19(22)25)18(24)27-12-13-9-7-6-8-10-13/h6-11H,4-5,12H2,1-3H3/p+1. The third-order valence-electron chi connectivity index (χ3n) is 4.45. The smallest absolute Gasteiger partial charge is 0.457 e. The van der Waals surface area contributed by atoms with Crippen LogP contribution >= 0.6 is 19.8 Å². The quantitative estimate of drug-likeness (QED) is 0.272. The summed E-state index contributed by atoms with van der Waals surface area (Å²) in [5.41, 5.74) is -2.75. The summed E-state index contributed by atoms with van der Waals surface area (Å²) in [5, 5.41) is 0.0980. The molecule has 3 rings (SSSR count). The van der Waals surface area contributed by atoms with Crippen LogP contribution in [0.5, 0.6) is 0 Å². The molecule has 2 heterocycles. The summed E-state index contributed by atoms with van der Waals surface area (Å²) in [7, 11) is 0.175. The van der Waals surface area contributed by atoms with Gasteiger partial charge in [0.15, 0.2) is 0 Å². The highest BCUT2D eigenvalue weighted by Gasteiger charge is 2.48. The first-order chi connectivity index (χ1) is 14.9. The maximum Gasteiger partial charge on any atom is 0.472 e. The Kier molecular flexibility index (Phi) is 7.17. The van der Waals surface area contributed by atoms with Gasteiger partial charge in [0.1, 0.15) is 16.3 Å². The number of aromatic nitrogens is 2. The van der Waals surface area contributed by atoms with Crippen molar-refractivity contribution >= 4 is 36.0 Å². The van der Waals surface area contributed by atoms with E-state index in [1.165, 1.54) is 17.7 Å². The number of rotatable bonds is 9. The number of carbonyl (C=O) groups is 1. The molecule has 31 heavy (non-hydrogen) atoms. The number of ether oxygens (including phenoxy) is 3. The van der Waals surface area contributed by atoms with Crippen molar-refractivity contribution in [3.05, 3.63) is 67.7 Å². The predicted molar refractivity (Wildman–Crippen MR) is 117 cm³/mol. The average molecular weight is 465 g/mol. The Morgan fingerprint density at radius 3 is 2.35 bits per heavy atom. The lowest BCUT2D eigenvalue weighted by Gasteiger charge is -2.21. The van der Waals surface area contributed by atoms with Gasteiger partial charge in [-0.3, -0.25) is 18.8 Å². The highest BCUT2D eigenvalue weighted by atomic mass is 32.1. The van der Waals surface area contributed by atoms with Crippen LogP contribution in [0, 0.1) is 0 Å². The molecule has 0 N–H and O–H groups in total. The maximum absolute atomic E-state index is 13.2. The first-order valence-electron chi connectivity index (χ1n) is 9.52. The zero-order valence-electron chi connectivity index (χ0n) is 17.2. The molecule has 1 unspecified atom stereocenters. The van der Waals surface area contributed by atoms with E-state index in [4.69, 9.17) is 14.2 Å². The number of hydrogen-bond acceptors (Lipinski definition) is 8. The normalized spacial score (nSPS) is 11.8. The Labute approximate surface area is 183 Å². The molecular weight excluding hydrogens is 443 g/mol. The van der Waals surface area contributed by atoms with E-state index in [0.717, 1.165) is 16.9 Å². The third-order valence-corrected chi connectivity index (χ3v) is 6.41. The molecule has 11 heteroatoms. The summed E-state index contributed by atoms with van der Waals surface area (Å²) < 4.78 is 30.1. The second-order valence-corrected chi connectivity index (χ2v) is 8.29. The third kappa shape index (κ3) is 4.38. The van der Waals surface area contributed by atoms with Gasteiger partial charge in [0, 0.05) is 7.05 Å². The van der Waals surface area contributed by atoms with Crippen molar-refractivity contribution in [1.29, 1.82) is 0 Å². The van der Waals surface area contributed by atoms with Crippen LogP contribution in [0.25, 0.3) is 10.2 Å². The minimum Gasteiger partial charge on any atom is -0.457 e. The van der Waals surface area contributed by atoms with E-state index in [1.54, 1.807) is 13.8 Å². The van der Waals surface area contributed by atoms with E-state index in [-0.39, 0.29) is 34.9 Å². The van der Waals surface area contributed by atoms with Gasteiger partial charge in [-0.2, -0.15) is 4.57 Å². The maximum atomic E-state index is 13.2. The predicted octanol–water partition coefficient (Wildman–Crippen LogP) is 2.78. The molecule has 0 saturated heterocycles. The number of fused-ring (bicyclic) bond motifs is 1. The largest absolute Gasteiger partial charge is 0.472 e. The summed E-state index contributed by atoms with van der Waals surface area (Å²) in [5.74, 6) is -0.616. The first kappa shape index (κ1) is 23.0. The summed E-state index contributed by atoms with van der Waals surface area (Å²) in [6.07, 6.45) is 0. The van der Waals surface area contributed by atoms with Gasteiger partial charge in [-0.25, -0.2) is 9.59 Å². The van der Waals surface area contributed by atoms with Gasteiger partial charge in [-0.05, 0) is 25.5 Å². The number of carbonyl (C=O) groups excluding carboxylic acids is 1. The first-order valence-corrected chi connectivity index (χ1v) is 11.2. The van der Waals surface area contributed by atoms with Crippen LogP contribution < -0.4 is 11.2 Å². The van der Waals surface area contributed by atoms with Crippen LogP contribution in [0.4, 0.5) is 0 Å². The van der Waals surface area contributed by atoms with Crippen LogP contribution in [-0.2, 0) is 38.1 Å². The zero-order chi connectivity index (χ0) is 22.6. The molecule has 0 bridgehead atoms. The van der Waals surface area contributed by atoms with E-state index in [2.05, 4.69) is 0 Å². The number of nitrogens with zero attached hydrogens (tertiary/aromatic N) is 2. The molecule has 1 aromatic carbocycles. The Morgan fingerprint density at radius 2 is 1.77 bits per heavy atom. The van der Waals surface area contributed by atoms with Crippen molar-refractivity contribution in [3.8, 4) is 0 Å². The van der Waals surface area contributed by atoms with E-state index >= 15 is 0 Å². The Bertz CT molecular complexity index is 1210. The van der Waals surface area contributed by atoms with Crippen molar-refractivity contribution in [2.24, 2.45) is 7.05 Å². The lowest BCUT2D eigenvalue weighted by atomic mass is 10.2. The SMILES string of the molecule is CCOC(OCC)([PH+]=O)n1c(=O)c2cc(C(=O)OCc3ccccc3)sc2n(C)c1=O. The summed E-state index contributed by atoms with van der Waals surface area (Å²) in [6, 6.07) is 10.5. The molecule has 3 aromatic rings. The second kappa shape index (κ2) is 9.65. The molecule has 0 spiro atoms. The van der Waals surface area contributed by atoms with Gasteiger partial charge in [-0.1, -0.05) is 34.9 Å². The zero-order valence-corrected chi connectivity index (χ0v) is 19.1. The van der Waals surface area contributed by atoms with Gasteiger partial charge in [0.05, 0.1) is 18.6 Å². The molecule has 0 aliphatic carbocycles. The number of thiophene rings is 1. The monoisotopic (exact) mass is 465 g/mol. The fraction of sp³-hybridized carbons (Fsp3) is 0.350. The average Bonchev–Trinajstić information content (AvgIpc) is 3.23. The van der Waals surface area contributed by atoms with Crippen LogP contribution in [0.1, 0.15) is 29.1 Å². The van der Waals surface area contributed by atoms with Crippen LogP contribution in [0.3, 0.4) is 0 Å². The minimum absolute atomic E-state index is 0.0591. The number of aryl methyl sites for hydroxylation is 1. The van der Waals surface area contributed by atoms with Crippen molar-refractivity contribution in [2.45, 2.75) is 26.1 Å². The van der Waals surface area contributed by atoms with Crippen molar-refractivity contribution < 1.29 is 23.6 Å². The molecular formula is C20H22N2O7PS+. The van der Waals surface area contributed by atoms with Gasteiger partial charge in [0.25, 0.3) is 5.56 Å². The molecule has 0 aliphatic heterocycles. The molecule has 1 atom stereocenters. The Balaban J connectivity index is 2.07. The molecule has 0 radical (unpaired) electrons. The summed E-state index contributed by atoms with van der Waals surface area (Å²) >= 11 is 0.967. The van der Waals surface area contributed by atoms with Crippen LogP contribution in [0.15, 0.2) is 46.0 Å². The van der Waals surface area contributed by atoms with Crippen molar-refractivity contribution in [1.82, 2.24) is 9.13 Å². The topological polar surface area (TPSA) is 106 Å². The van der Waals surface area contributed by atoms with Crippen molar-refractivity contribution in [2.75, 3.05) is 13.2 Å². The lowest BCUT2D eigenvalue weighted by Crippen LogP contribution is -2.51. The van der Waals surface area contributed by atoms with E-state index in [9.17, 15) is 18.9 Å². The Morgan fingerprint density at radius 1 is 1.13 bits per heavy atom. The number of esters is 1. The Hall–Kier alpha value is -2.65. The molecule has 0 fully saturated rings. The molecule has 0 amide bonds. The van der Waals surface area contributed by atoms with Gasteiger partial charge in [-0.15, -0.1) is 11.3 Å². The molecule has 2 aromatic heterocycles. The van der Waals surface area contributed by atoms with Crippen molar-refractivity contribution in [3.63, 3.8) is 0 Å². The molecule has 164 valence electrons. The van der Waals surface area contributed by atoms with Gasteiger partial charge in [0.2, 0.25) is 0 Å². The van der Waals surface area contributed by atoms with Gasteiger partial charge >= 0.3 is 25.8 Å². The second-order valence-electron chi connectivity index (χ2n) is 6.42. The van der Waals surface area contributed by atoms with Crippen LogP contribution in [0.2, 0.25) is 0 Å². The van der Waals surface area contributed by atoms with Crippen LogP contribution in [-0.4, -0.2) is 28.3 Å². The minimum atomic E-state index is -2.04. The molecule has 9 nitrogen and oxygen atoms in total. The number of benzene rings is 1. The highest BCUT2D eigenvalue weighted by Crippen LogP contribution is 2.31. The lowest BCUT2D eigenvalue weighted by molar-refractivity contribution is -0.227. The van der Waals surface area contributed by atoms with E-state index in [1.807, 2.05) is 30.3 Å². The molecule has 0 saturated carbocycles. The summed E-state index contributed by atoms with van der Waals surface area (Å²) in [4.78, 5) is 39.1. The molecule has 0 aliphatic rings. The summed E-state index contributed by atoms with van der Waals surface area (Å²) in [6.45, 7) is 3.46.